The zero-order chi connectivity index (χ0) is 14.8. The van der Waals surface area contributed by atoms with Crippen LogP contribution in [0.2, 0.25) is 0 Å². The van der Waals surface area contributed by atoms with E-state index < -0.39 is 0 Å². The van der Waals surface area contributed by atoms with E-state index in [4.69, 9.17) is 9.47 Å². The van der Waals surface area contributed by atoms with Gasteiger partial charge in [0.05, 0.1) is 14.2 Å². The molecule has 1 aliphatic carbocycles. The van der Waals surface area contributed by atoms with Crippen molar-refractivity contribution in [1.29, 1.82) is 0 Å². The van der Waals surface area contributed by atoms with Crippen molar-refractivity contribution in [1.82, 2.24) is 0 Å². The van der Waals surface area contributed by atoms with Gasteiger partial charge in [0.2, 0.25) is 0 Å². The number of allylic oxidation sites excluding steroid dienone is 1. The van der Waals surface area contributed by atoms with Crippen LogP contribution in [0.1, 0.15) is 24.8 Å². The van der Waals surface area contributed by atoms with E-state index in [0.717, 1.165) is 46.3 Å². The number of benzene rings is 2. The summed E-state index contributed by atoms with van der Waals surface area (Å²) in [6.07, 6.45) is 2.36. The van der Waals surface area contributed by atoms with Gasteiger partial charge in [-0.05, 0) is 41.8 Å². The highest BCUT2D eigenvalue weighted by atomic mass is 16.5. The Kier molecular flexibility index (Phi) is 3.65. The van der Waals surface area contributed by atoms with Crippen LogP contribution in [-0.4, -0.2) is 20.0 Å². The molecule has 2 aromatic carbocycles. The summed E-state index contributed by atoms with van der Waals surface area (Å²) in [6, 6.07) is 12.1. The van der Waals surface area contributed by atoms with Gasteiger partial charge in [0.15, 0.2) is 5.78 Å². The number of methoxy groups -OCH3 is 2. The topological polar surface area (TPSA) is 35.5 Å². The highest BCUT2D eigenvalue weighted by Gasteiger charge is 2.23. The quantitative estimate of drug-likeness (QED) is 0.631. The molecule has 1 aliphatic rings. The predicted molar refractivity (Wildman–Crippen MR) is 83.3 cm³/mol. The smallest absolute Gasteiger partial charge is 0.162 e. The molecule has 0 aromatic heterocycles. The van der Waals surface area contributed by atoms with Gasteiger partial charge >= 0.3 is 0 Å². The number of hydrogen-bond acceptors (Lipinski definition) is 3. The molecule has 0 aliphatic heterocycles. The predicted octanol–water partition coefficient (Wildman–Crippen LogP) is 3.96. The standard InChI is InChI=1S/C18H18O3/c1-20-15-9-8-12-10-14(7-6-13(12)11-15)18(21-2)16-4-3-5-17(16)19/h6-11H,3-5H2,1-2H3/b18-16-. The summed E-state index contributed by atoms with van der Waals surface area (Å²) in [7, 11) is 3.29. The molecule has 3 nitrogen and oxygen atoms in total. The molecule has 1 saturated carbocycles. The van der Waals surface area contributed by atoms with Crippen LogP contribution in [0.3, 0.4) is 0 Å². The third-order valence-electron chi connectivity index (χ3n) is 3.96. The van der Waals surface area contributed by atoms with Gasteiger partial charge in [-0.1, -0.05) is 18.2 Å². The van der Waals surface area contributed by atoms with Crippen LogP contribution in [0.25, 0.3) is 16.5 Å². The molecular formula is C18H18O3. The second-order valence-corrected chi connectivity index (χ2v) is 5.22. The van der Waals surface area contributed by atoms with E-state index in [1.165, 1.54) is 0 Å². The molecule has 3 heteroatoms. The van der Waals surface area contributed by atoms with Gasteiger partial charge in [-0.2, -0.15) is 0 Å². The summed E-state index contributed by atoms with van der Waals surface area (Å²) < 4.78 is 10.8. The van der Waals surface area contributed by atoms with Gasteiger partial charge in [-0.3, -0.25) is 4.79 Å². The average Bonchev–Trinajstić information content (AvgIpc) is 2.93. The molecule has 0 N–H and O–H groups in total. The number of carbonyl (C=O) groups is 1. The SMILES string of the molecule is CO/C(=C1/CCCC1=O)c1ccc2cc(OC)ccc2c1. The fourth-order valence-corrected chi connectivity index (χ4v) is 2.86. The molecule has 1 fully saturated rings. The van der Waals surface area contributed by atoms with Crippen molar-refractivity contribution in [2.24, 2.45) is 0 Å². The number of ether oxygens (including phenoxy) is 2. The summed E-state index contributed by atoms with van der Waals surface area (Å²) in [5.41, 5.74) is 1.78. The van der Waals surface area contributed by atoms with Crippen molar-refractivity contribution >= 4 is 22.3 Å². The third kappa shape index (κ3) is 2.51. The number of Topliss-reactive ketones (excluding diaryl/α,β-unsaturated/α-hetero) is 1. The molecule has 0 heterocycles. The third-order valence-corrected chi connectivity index (χ3v) is 3.96. The van der Waals surface area contributed by atoms with Crippen molar-refractivity contribution in [3.63, 3.8) is 0 Å². The molecule has 2 aromatic rings. The van der Waals surface area contributed by atoms with E-state index in [9.17, 15) is 4.79 Å². The maximum absolute atomic E-state index is 11.9. The second kappa shape index (κ2) is 5.60. The maximum Gasteiger partial charge on any atom is 0.162 e. The Balaban J connectivity index is 2.09. The van der Waals surface area contributed by atoms with Crippen LogP contribution in [0, 0.1) is 0 Å². The average molecular weight is 282 g/mol. The fraction of sp³-hybridized carbons (Fsp3) is 0.278. The molecule has 21 heavy (non-hydrogen) atoms. The zero-order valence-corrected chi connectivity index (χ0v) is 12.3. The molecule has 0 amide bonds. The minimum Gasteiger partial charge on any atom is -0.497 e. The first-order valence-electron chi connectivity index (χ1n) is 7.11. The molecule has 3 rings (SSSR count). The minimum atomic E-state index is 0.210. The highest BCUT2D eigenvalue weighted by Crippen LogP contribution is 2.31. The molecule has 0 atom stereocenters. The first-order chi connectivity index (χ1) is 10.2. The van der Waals surface area contributed by atoms with E-state index in [2.05, 4.69) is 6.07 Å². The Hall–Kier alpha value is -2.29. The normalized spacial score (nSPS) is 17.1. The van der Waals surface area contributed by atoms with Crippen LogP contribution in [-0.2, 0) is 9.53 Å². The number of rotatable bonds is 3. The van der Waals surface area contributed by atoms with Gasteiger partial charge in [0.1, 0.15) is 11.5 Å². The molecule has 0 bridgehead atoms. The lowest BCUT2D eigenvalue weighted by Gasteiger charge is -2.11. The van der Waals surface area contributed by atoms with Gasteiger partial charge in [0, 0.05) is 17.6 Å². The Labute approximate surface area is 124 Å². The maximum atomic E-state index is 11.9. The Bertz CT molecular complexity index is 728. The Morgan fingerprint density at radius 1 is 1.00 bits per heavy atom. The monoisotopic (exact) mass is 282 g/mol. The Morgan fingerprint density at radius 3 is 2.43 bits per heavy atom. The van der Waals surface area contributed by atoms with Gasteiger partial charge < -0.3 is 9.47 Å². The minimum absolute atomic E-state index is 0.210. The lowest BCUT2D eigenvalue weighted by molar-refractivity contribution is -0.114. The van der Waals surface area contributed by atoms with Gasteiger partial charge in [-0.15, -0.1) is 0 Å². The fourth-order valence-electron chi connectivity index (χ4n) is 2.86. The Morgan fingerprint density at radius 2 is 1.76 bits per heavy atom. The van der Waals surface area contributed by atoms with Crippen LogP contribution < -0.4 is 4.74 Å². The second-order valence-electron chi connectivity index (χ2n) is 5.22. The van der Waals surface area contributed by atoms with E-state index in [1.54, 1.807) is 14.2 Å². The van der Waals surface area contributed by atoms with Crippen molar-refractivity contribution in [3.8, 4) is 5.75 Å². The zero-order valence-electron chi connectivity index (χ0n) is 12.3. The first-order valence-corrected chi connectivity index (χ1v) is 7.11. The van der Waals surface area contributed by atoms with E-state index in [0.29, 0.717) is 6.42 Å². The van der Waals surface area contributed by atoms with Gasteiger partial charge in [0.25, 0.3) is 0 Å². The number of hydrogen-bond donors (Lipinski definition) is 0. The molecule has 0 saturated heterocycles. The lowest BCUT2D eigenvalue weighted by Crippen LogP contribution is -1.99. The lowest BCUT2D eigenvalue weighted by atomic mass is 10.0. The number of carbonyl (C=O) groups excluding carboxylic acids is 1. The summed E-state index contributed by atoms with van der Waals surface area (Å²) in [4.78, 5) is 11.9. The van der Waals surface area contributed by atoms with Crippen LogP contribution in [0.5, 0.6) is 5.75 Å². The van der Waals surface area contributed by atoms with E-state index >= 15 is 0 Å². The summed E-state index contributed by atoms with van der Waals surface area (Å²) in [6.45, 7) is 0. The van der Waals surface area contributed by atoms with Crippen LogP contribution in [0.4, 0.5) is 0 Å². The van der Waals surface area contributed by atoms with Crippen LogP contribution in [0.15, 0.2) is 42.0 Å². The van der Waals surface area contributed by atoms with E-state index in [1.807, 2.05) is 30.3 Å². The van der Waals surface area contributed by atoms with E-state index in [-0.39, 0.29) is 5.78 Å². The summed E-state index contributed by atoms with van der Waals surface area (Å²) in [5.74, 6) is 1.77. The summed E-state index contributed by atoms with van der Waals surface area (Å²) in [5, 5.41) is 2.21. The number of ketones is 1. The number of fused-ring (bicyclic) bond motifs is 1. The largest absolute Gasteiger partial charge is 0.497 e. The molecule has 108 valence electrons. The molecule has 0 radical (unpaired) electrons. The molecular weight excluding hydrogens is 264 g/mol. The van der Waals surface area contributed by atoms with Crippen molar-refractivity contribution < 1.29 is 14.3 Å². The highest BCUT2D eigenvalue weighted by molar-refractivity contribution is 6.03. The van der Waals surface area contributed by atoms with Crippen molar-refractivity contribution in [3.05, 3.63) is 47.5 Å². The van der Waals surface area contributed by atoms with Crippen LogP contribution >= 0.6 is 0 Å². The van der Waals surface area contributed by atoms with Gasteiger partial charge in [-0.25, -0.2) is 0 Å². The first kappa shape index (κ1) is 13.7. The van der Waals surface area contributed by atoms with Crippen molar-refractivity contribution in [2.45, 2.75) is 19.3 Å². The molecule has 0 unspecified atom stereocenters. The van der Waals surface area contributed by atoms with Crippen molar-refractivity contribution in [2.75, 3.05) is 14.2 Å². The summed E-state index contributed by atoms with van der Waals surface area (Å²) >= 11 is 0. The molecule has 0 spiro atoms.